The second kappa shape index (κ2) is 8.62. The zero-order valence-electron chi connectivity index (χ0n) is 16.3. The molecule has 1 unspecified atom stereocenters. The molecule has 0 spiro atoms. The number of ketones is 1. The number of pyridine rings is 2. The fourth-order valence-electron chi connectivity index (χ4n) is 3.04. The molecule has 3 rings (SSSR count). The van der Waals surface area contributed by atoms with Gasteiger partial charge in [0, 0.05) is 24.5 Å². The zero-order valence-corrected chi connectivity index (χ0v) is 16.3. The van der Waals surface area contributed by atoms with Crippen LogP contribution in [0.15, 0.2) is 67.0 Å². The van der Waals surface area contributed by atoms with Gasteiger partial charge < -0.3 is 11.1 Å². The van der Waals surface area contributed by atoms with E-state index in [0.29, 0.717) is 6.42 Å². The van der Waals surface area contributed by atoms with E-state index in [4.69, 9.17) is 5.73 Å². The molecule has 0 bridgehead atoms. The minimum Gasteiger partial charge on any atom is -0.368 e. The molecule has 0 aliphatic carbocycles. The normalized spacial score (nSPS) is 13.5. The van der Waals surface area contributed by atoms with E-state index in [1.54, 1.807) is 0 Å². The van der Waals surface area contributed by atoms with E-state index in [-0.39, 0.29) is 17.9 Å². The van der Waals surface area contributed by atoms with Gasteiger partial charge in [0.15, 0.2) is 0 Å². The molecular formula is C22H21F3N4O. The van der Waals surface area contributed by atoms with Crippen LogP contribution in [-0.4, -0.2) is 22.3 Å². The summed E-state index contributed by atoms with van der Waals surface area (Å²) in [6.45, 7) is 2.15. The van der Waals surface area contributed by atoms with E-state index < -0.39 is 28.8 Å². The number of nitrogens with zero attached hydrogens (tertiary/aromatic N) is 2. The number of aromatic nitrogens is 2. The summed E-state index contributed by atoms with van der Waals surface area (Å²) in [4.78, 5) is 20.5. The minimum atomic E-state index is -4.72. The molecule has 3 N–H and O–H groups in total. The lowest BCUT2D eigenvalue weighted by Gasteiger charge is -2.29. The lowest BCUT2D eigenvalue weighted by molar-refractivity contribution is -0.138. The van der Waals surface area contributed by atoms with Gasteiger partial charge in [0.1, 0.15) is 11.5 Å². The first-order valence-corrected chi connectivity index (χ1v) is 9.36. The van der Waals surface area contributed by atoms with Crippen molar-refractivity contribution in [2.75, 3.05) is 11.9 Å². The summed E-state index contributed by atoms with van der Waals surface area (Å²) < 4.78 is 40.4. The Morgan fingerprint density at radius 2 is 1.80 bits per heavy atom. The van der Waals surface area contributed by atoms with Crippen molar-refractivity contribution in [1.82, 2.24) is 9.97 Å². The van der Waals surface area contributed by atoms with Crippen molar-refractivity contribution >= 4 is 11.6 Å². The summed E-state index contributed by atoms with van der Waals surface area (Å²) in [6, 6.07) is 14.3. The second-order valence-electron chi connectivity index (χ2n) is 6.89. The van der Waals surface area contributed by atoms with Crippen LogP contribution in [-0.2, 0) is 11.7 Å². The first-order chi connectivity index (χ1) is 14.2. The topological polar surface area (TPSA) is 80.9 Å². The van der Waals surface area contributed by atoms with Gasteiger partial charge in [-0.05, 0) is 36.2 Å². The predicted octanol–water partition coefficient (Wildman–Crippen LogP) is 4.40. The van der Waals surface area contributed by atoms with E-state index in [1.807, 2.05) is 37.3 Å². The number of benzene rings is 1. The molecule has 0 aliphatic heterocycles. The molecule has 30 heavy (non-hydrogen) atoms. The van der Waals surface area contributed by atoms with Gasteiger partial charge in [-0.2, -0.15) is 13.2 Å². The number of hydrogen-bond acceptors (Lipinski definition) is 5. The van der Waals surface area contributed by atoms with E-state index in [0.717, 1.165) is 11.6 Å². The fraction of sp³-hybridized carbons (Fsp3) is 0.227. The lowest BCUT2D eigenvalue weighted by atomic mass is 9.88. The minimum absolute atomic E-state index is 0.0265. The molecule has 2 heterocycles. The molecule has 0 fully saturated rings. The van der Waals surface area contributed by atoms with E-state index >= 15 is 0 Å². The average molecular weight is 414 g/mol. The number of carbonyl (C=O) groups is 1. The molecule has 0 amide bonds. The largest absolute Gasteiger partial charge is 0.418 e. The summed E-state index contributed by atoms with van der Waals surface area (Å²) in [5, 5.41) is 2.99. The maximum atomic E-state index is 13.5. The summed E-state index contributed by atoms with van der Waals surface area (Å²) in [7, 11) is 0. The van der Waals surface area contributed by atoms with Gasteiger partial charge in [-0.25, -0.2) is 4.98 Å². The van der Waals surface area contributed by atoms with E-state index in [9.17, 15) is 18.0 Å². The number of nitrogens with one attached hydrogen (secondary N) is 1. The van der Waals surface area contributed by atoms with Crippen molar-refractivity contribution in [3.8, 4) is 0 Å². The Kier molecular flexibility index (Phi) is 6.17. The van der Waals surface area contributed by atoms with Crippen molar-refractivity contribution in [2.24, 2.45) is 5.73 Å². The highest BCUT2D eigenvalue weighted by Gasteiger charge is 2.37. The van der Waals surface area contributed by atoms with Gasteiger partial charge in [0.05, 0.1) is 11.1 Å². The Morgan fingerprint density at radius 3 is 2.40 bits per heavy atom. The number of carbonyl (C=O) groups excluding carboxylic acids is 1. The molecule has 5 nitrogen and oxygen atoms in total. The predicted molar refractivity (Wildman–Crippen MR) is 108 cm³/mol. The Bertz CT molecular complexity index is 1010. The zero-order chi connectivity index (χ0) is 21.8. The third-order valence-corrected chi connectivity index (χ3v) is 4.90. The number of anilines is 1. The van der Waals surface area contributed by atoms with E-state index in [2.05, 4.69) is 15.3 Å². The molecule has 3 aromatic rings. The molecule has 8 heteroatoms. The SMILES string of the molecule is CCC(N)(CNc1ccc(C(F)(F)F)c(C(=O)c2cccnc2)n1)c1ccccc1. The van der Waals surface area contributed by atoms with Gasteiger partial charge in [-0.15, -0.1) is 0 Å². The van der Waals surface area contributed by atoms with Crippen molar-refractivity contribution in [1.29, 1.82) is 0 Å². The molecule has 0 aliphatic rings. The van der Waals surface area contributed by atoms with Gasteiger partial charge >= 0.3 is 6.18 Å². The van der Waals surface area contributed by atoms with Crippen molar-refractivity contribution in [2.45, 2.75) is 25.1 Å². The van der Waals surface area contributed by atoms with Gasteiger partial charge in [0.2, 0.25) is 5.78 Å². The fourth-order valence-corrected chi connectivity index (χ4v) is 3.04. The van der Waals surface area contributed by atoms with Crippen molar-refractivity contribution in [3.63, 3.8) is 0 Å². The first kappa shape index (κ1) is 21.4. The van der Waals surface area contributed by atoms with Gasteiger partial charge in [-0.3, -0.25) is 9.78 Å². The Hall–Kier alpha value is -3.26. The molecule has 1 atom stereocenters. The summed E-state index contributed by atoms with van der Waals surface area (Å²) >= 11 is 0. The quantitative estimate of drug-likeness (QED) is 0.560. The standard InChI is InChI=1S/C22H21F3N4O/c1-2-21(26,16-8-4-3-5-9-16)14-28-18-11-10-17(22(23,24)25)19(29-18)20(30)15-7-6-12-27-13-15/h3-13H,2,14,26H2,1H3,(H,28,29). The summed E-state index contributed by atoms with van der Waals surface area (Å²) in [5.41, 5.74) is 4.89. The Morgan fingerprint density at radius 1 is 1.07 bits per heavy atom. The molecule has 2 aromatic heterocycles. The van der Waals surface area contributed by atoms with Crippen LogP contribution in [0.3, 0.4) is 0 Å². The molecular weight excluding hydrogens is 393 g/mol. The third kappa shape index (κ3) is 4.65. The molecule has 1 aromatic carbocycles. The van der Waals surface area contributed by atoms with Crippen LogP contribution in [0.1, 0.15) is 40.5 Å². The Labute approximate surface area is 172 Å². The molecule has 0 saturated carbocycles. The van der Waals surface area contributed by atoms with Crippen molar-refractivity contribution in [3.05, 3.63) is 89.4 Å². The number of hydrogen-bond donors (Lipinski definition) is 2. The number of rotatable bonds is 7. The molecule has 0 saturated heterocycles. The smallest absolute Gasteiger partial charge is 0.368 e. The highest BCUT2D eigenvalue weighted by molar-refractivity contribution is 6.08. The number of nitrogens with two attached hydrogens (primary N) is 1. The third-order valence-electron chi connectivity index (χ3n) is 4.90. The Balaban J connectivity index is 1.92. The average Bonchev–Trinajstić information content (AvgIpc) is 2.77. The lowest BCUT2D eigenvalue weighted by Crippen LogP contribution is -2.42. The maximum Gasteiger partial charge on any atom is 0.418 e. The highest BCUT2D eigenvalue weighted by atomic mass is 19.4. The van der Waals surface area contributed by atoms with Crippen LogP contribution < -0.4 is 11.1 Å². The van der Waals surface area contributed by atoms with Crippen LogP contribution in [0.5, 0.6) is 0 Å². The monoisotopic (exact) mass is 414 g/mol. The van der Waals surface area contributed by atoms with E-state index in [1.165, 1.54) is 30.6 Å². The van der Waals surface area contributed by atoms with Crippen LogP contribution in [0.2, 0.25) is 0 Å². The van der Waals surface area contributed by atoms with Crippen molar-refractivity contribution < 1.29 is 18.0 Å². The maximum absolute atomic E-state index is 13.5. The molecule has 0 radical (unpaired) electrons. The number of halogens is 3. The second-order valence-corrected chi connectivity index (χ2v) is 6.89. The van der Waals surface area contributed by atoms with Gasteiger partial charge in [0.25, 0.3) is 0 Å². The van der Waals surface area contributed by atoms with Gasteiger partial charge in [-0.1, -0.05) is 37.3 Å². The van der Waals surface area contributed by atoms with Crippen LogP contribution in [0.4, 0.5) is 19.0 Å². The highest BCUT2D eigenvalue weighted by Crippen LogP contribution is 2.33. The summed E-state index contributed by atoms with van der Waals surface area (Å²) in [5.74, 6) is -0.717. The van der Waals surface area contributed by atoms with Crippen LogP contribution in [0.25, 0.3) is 0 Å². The van der Waals surface area contributed by atoms with Crippen LogP contribution in [0, 0.1) is 0 Å². The number of alkyl halides is 3. The summed E-state index contributed by atoms with van der Waals surface area (Å²) in [6.07, 6.45) is -1.49. The molecule has 156 valence electrons. The first-order valence-electron chi connectivity index (χ1n) is 9.36. The van der Waals surface area contributed by atoms with Crippen LogP contribution >= 0.6 is 0 Å².